The molecule has 0 radical (unpaired) electrons. The maximum Gasteiger partial charge on any atom is 0.253 e. The van der Waals surface area contributed by atoms with Gasteiger partial charge >= 0.3 is 0 Å². The number of thiazole rings is 1. The van der Waals surface area contributed by atoms with Crippen molar-refractivity contribution in [3.05, 3.63) is 52.0 Å². The van der Waals surface area contributed by atoms with Crippen LogP contribution in [0.2, 0.25) is 0 Å². The largest absolute Gasteiger partial charge is 0.335 e. The highest BCUT2D eigenvalue weighted by Crippen LogP contribution is 2.11. The molecule has 1 heterocycles. The second-order valence-electron chi connectivity index (χ2n) is 3.96. The third-order valence-electron chi connectivity index (χ3n) is 2.47. The first kappa shape index (κ1) is 11.8. The van der Waals surface area contributed by atoms with Crippen molar-refractivity contribution in [2.75, 3.05) is 7.05 Å². The molecule has 1 aromatic heterocycles. The Morgan fingerprint density at radius 3 is 2.94 bits per heavy atom. The highest BCUT2D eigenvalue weighted by atomic mass is 32.1. The van der Waals surface area contributed by atoms with E-state index in [9.17, 15) is 4.79 Å². The van der Waals surface area contributed by atoms with Crippen molar-refractivity contribution < 1.29 is 4.79 Å². The normalized spacial score (nSPS) is 10.2. The van der Waals surface area contributed by atoms with Crippen LogP contribution in [0.15, 0.2) is 35.8 Å². The Morgan fingerprint density at radius 2 is 2.29 bits per heavy atom. The molecule has 0 aliphatic heterocycles. The molecular formula is C13H14N2OS. The second kappa shape index (κ2) is 5.10. The molecule has 0 bridgehead atoms. The van der Waals surface area contributed by atoms with Gasteiger partial charge in [-0.05, 0) is 19.1 Å². The van der Waals surface area contributed by atoms with Gasteiger partial charge in [-0.1, -0.05) is 17.7 Å². The first-order valence-electron chi connectivity index (χ1n) is 5.37. The number of aryl methyl sites for hydroxylation is 1. The van der Waals surface area contributed by atoms with Gasteiger partial charge in [-0.3, -0.25) is 4.79 Å². The number of carbonyl (C=O) groups is 1. The van der Waals surface area contributed by atoms with Gasteiger partial charge in [0, 0.05) is 24.2 Å². The molecule has 1 aromatic carbocycles. The monoisotopic (exact) mass is 246 g/mol. The van der Waals surface area contributed by atoms with Crippen LogP contribution >= 0.6 is 11.3 Å². The maximum absolute atomic E-state index is 12.1. The first-order valence-corrected chi connectivity index (χ1v) is 6.25. The number of hydrogen-bond acceptors (Lipinski definition) is 3. The fraction of sp³-hybridized carbons (Fsp3) is 0.231. The number of hydrogen-bond donors (Lipinski definition) is 0. The number of rotatable bonds is 3. The van der Waals surface area contributed by atoms with E-state index in [2.05, 4.69) is 4.98 Å². The lowest BCUT2D eigenvalue weighted by atomic mass is 10.1. The fourth-order valence-electron chi connectivity index (χ4n) is 1.60. The summed E-state index contributed by atoms with van der Waals surface area (Å²) in [7, 11) is 1.80. The summed E-state index contributed by atoms with van der Waals surface area (Å²) < 4.78 is 0. The molecule has 88 valence electrons. The number of aromatic nitrogens is 1. The van der Waals surface area contributed by atoms with Crippen LogP contribution in [0, 0.1) is 6.92 Å². The Kier molecular flexibility index (Phi) is 3.54. The molecule has 0 aliphatic rings. The van der Waals surface area contributed by atoms with E-state index in [-0.39, 0.29) is 5.91 Å². The lowest BCUT2D eigenvalue weighted by Gasteiger charge is -2.15. The minimum atomic E-state index is 0.0314. The molecule has 0 fully saturated rings. The number of carbonyl (C=O) groups excluding carboxylic acids is 1. The quantitative estimate of drug-likeness (QED) is 0.834. The van der Waals surface area contributed by atoms with E-state index in [0.29, 0.717) is 6.54 Å². The summed E-state index contributed by atoms with van der Waals surface area (Å²) in [6, 6.07) is 7.63. The molecule has 2 rings (SSSR count). The zero-order chi connectivity index (χ0) is 12.3. The molecule has 0 atom stereocenters. The van der Waals surface area contributed by atoms with E-state index in [1.807, 2.05) is 36.6 Å². The Labute approximate surface area is 105 Å². The fourth-order valence-corrected chi connectivity index (χ4v) is 2.27. The summed E-state index contributed by atoms with van der Waals surface area (Å²) in [5.41, 5.74) is 1.82. The molecule has 0 spiro atoms. The Morgan fingerprint density at radius 1 is 1.47 bits per heavy atom. The van der Waals surface area contributed by atoms with Crippen molar-refractivity contribution in [2.24, 2.45) is 0 Å². The molecule has 0 saturated carbocycles. The highest BCUT2D eigenvalue weighted by Gasteiger charge is 2.12. The van der Waals surface area contributed by atoms with E-state index in [1.54, 1.807) is 29.5 Å². The third kappa shape index (κ3) is 2.91. The van der Waals surface area contributed by atoms with E-state index in [0.717, 1.165) is 16.1 Å². The van der Waals surface area contributed by atoms with E-state index < -0.39 is 0 Å². The highest BCUT2D eigenvalue weighted by molar-refractivity contribution is 7.09. The van der Waals surface area contributed by atoms with Crippen LogP contribution in [0.4, 0.5) is 0 Å². The average Bonchev–Trinajstić information content (AvgIpc) is 2.80. The molecule has 17 heavy (non-hydrogen) atoms. The Balaban J connectivity index is 2.09. The zero-order valence-corrected chi connectivity index (χ0v) is 10.7. The summed E-state index contributed by atoms with van der Waals surface area (Å²) in [5, 5.41) is 2.87. The Bertz CT molecular complexity index is 508. The molecule has 0 aliphatic carbocycles. The minimum Gasteiger partial charge on any atom is -0.335 e. The third-order valence-corrected chi connectivity index (χ3v) is 3.23. The molecular weight excluding hydrogens is 232 g/mol. The van der Waals surface area contributed by atoms with Crippen LogP contribution in [-0.4, -0.2) is 22.8 Å². The first-order chi connectivity index (χ1) is 8.16. The van der Waals surface area contributed by atoms with Gasteiger partial charge in [-0.25, -0.2) is 4.98 Å². The van der Waals surface area contributed by atoms with Crippen LogP contribution in [0.25, 0.3) is 0 Å². The number of benzene rings is 1. The molecule has 4 heteroatoms. The van der Waals surface area contributed by atoms with Gasteiger partial charge in [0.15, 0.2) is 0 Å². The second-order valence-corrected chi connectivity index (χ2v) is 4.94. The summed E-state index contributed by atoms with van der Waals surface area (Å²) in [5.74, 6) is 0.0314. The smallest absolute Gasteiger partial charge is 0.253 e. The van der Waals surface area contributed by atoms with Crippen LogP contribution in [0.1, 0.15) is 20.9 Å². The van der Waals surface area contributed by atoms with Gasteiger partial charge in [-0.2, -0.15) is 0 Å². The topological polar surface area (TPSA) is 33.2 Å². The maximum atomic E-state index is 12.1. The molecule has 1 amide bonds. The van der Waals surface area contributed by atoms with Gasteiger partial charge < -0.3 is 4.90 Å². The van der Waals surface area contributed by atoms with Crippen molar-refractivity contribution in [1.82, 2.24) is 9.88 Å². The Hall–Kier alpha value is -1.68. The molecule has 2 aromatic rings. The van der Waals surface area contributed by atoms with E-state index in [4.69, 9.17) is 0 Å². The lowest BCUT2D eigenvalue weighted by Crippen LogP contribution is -2.26. The van der Waals surface area contributed by atoms with Gasteiger partial charge in [0.1, 0.15) is 5.01 Å². The van der Waals surface area contributed by atoms with E-state index >= 15 is 0 Å². The predicted molar refractivity (Wildman–Crippen MR) is 69.1 cm³/mol. The van der Waals surface area contributed by atoms with Gasteiger partial charge in [0.25, 0.3) is 5.91 Å². The van der Waals surface area contributed by atoms with Crippen molar-refractivity contribution in [3.8, 4) is 0 Å². The van der Waals surface area contributed by atoms with Crippen molar-refractivity contribution in [2.45, 2.75) is 13.5 Å². The van der Waals surface area contributed by atoms with Crippen LogP contribution in [0.5, 0.6) is 0 Å². The standard InChI is InChI=1S/C13H14N2OS/c1-10-4-3-5-11(8-10)13(16)15(2)9-12-14-6-7-17-12/h3-8H,9H2,1-2H3. The molecule has 3 nitrogen and oxygen atoms in total. The SMILES string of the molecule is Cc1cccc(C(=O)N(C)Cc2nccs2)c1. The predicted octanol–water partition coefficient (Wildman–Crippen LogP) is 2.72. The summed E-state index contributed by atoms with van der Waals surface area (Å²) in [4.78, 5) is 18.0. The summed E-state index contributed by atoms with van der Waals surface area (Å²) >= 11 is 1.56. The number of nitrogens with zero attached hydrogens (tertiary/aromatic N) is 2. The van der Waals surface area contributed by atoms with Crippen molar-refractivity contribution >= 4 is 17.2 Å². The van der Waals surface area contributed by atoms with Crippen LogP contribution < -0.4 is 0 Å². The van der Waals surface area contributed by atoms with Crippen molar-refractivity contribution in [1.29, 1.82) is 0 Å². The van der Waals surface area contributed by atoms with Gasteiger partial charge in [0.2, 0.25) is 0 Å². The van der Waals surface area contributed by atoms with Gasteiger partial charge in [0.05, 0.1) is 6.54 Å². The zero-order valence-electron chi connectivity index (χ0n) is 9.88. The lowest BCUT2D eigenvalue weighted by molar-refractivity contribution is 0.0785. The van der Waals surface area contributed by atoms with Crippen molar-refractivity contribution in [3.63, 3.8) is 0 Å². The molecule has 0 N–H and O–H groups in total. The number of amides is 1. The molecule has 0 unspecified atom stereocenters. The van der Waals surface area contributed by atoms with E-state index in [1.165, 1.54) is 0 Å². The average molecular weight is 246 g/mol. The van der Waals surface area contributed by atoms with Crippen LogP contribution in [-0.2, 0) is 6.54 Å². The summed E-state index contributed by atoms with van der Waals surface area (Å²) in [6.45, 7) is 2.54. The summed E-state index contributed by atoms with van der Waals surface area (Å²) in [6.07, 6.45) is 1.75. The minimum absolute atomic E-state index is 0.0314. The van der Waals surface area contributed by atoms with Crippen LogP contribution in [0.3, 0.4) is 0 Å². The molecule has 0 saturated heterocycles. The van der Waals surface area contributed by atoms with Gasteiger partial charge in [-0.15, -0.1) is 11.3 Å².